The summed E-state index contributed by atoms with van der Waals surface area (Å²) in [6, 6.07) is 0. The van der Waals surface area contributed by atoms with E-state index in [2.05, 4.69) is 28.5 Å². The van der Waals surface area contributed by atoms with Crippen molar-refractivity contribution in [3.8, 4) is 0 Å². The Labute approximate surface area is 142 Å². The first-order valence-electron chi connectivity index (χ1n) is 8.47. The molecule has 4 bridgehead atoms. The van der Waals surface area contributed by atoms with Crippen molar-refractivity contribution in [3.63, 3.8) is 0 Å². The molecular weight excluding hydrogens is 326 g/mol. The van der Waals surface area contributed by atoms with Gasteiger partial charge in [-0.15, -0.1) is 0 Å². The summed E-state index contributed by atoms with van der Waals surface area (Å²) in [7, 11) is -3.97. The second kappa shape index (κ2) is 4.77. The van der Waals surface area contributed by atoms with E-state index < -0.39 is 15.4 Å². The number of aromatic nitrogens is 2. The van der Waals surface area contributed by atoms with Gasteiger partial charge in [0.25, 0.3) is 10.0 Å². The number of carbonyl (C=O) groups is 1. The maximum Gasteiger partial charge on any atom is 0.283 e. The summed E-state index contributed by atoms with van der Waals surface area (Å²) in [5.41, 5.74) is -0.248. The van der Waals surface area contributed by atoms with E-state index in [0.29, 0.717) is 5.92 Å². The molecule has 2 unspecified atom stereocenters. The molecule has 1 aromatic rings. The van der Waals surface area contributed by atoms with E-state index >= 15 is 0 Å². The third kappa shape index (κ3) is 2.44. The van der Waals surface area contributed by atoms with Crippen LogP contribution in [0.25, 0.3) is 0 Å². The summed E-state index contributed by atoms with van der Waals surface area (Å²) < 4.78 is 27.2. The summed E-state index contributed by atoms with van der Waals surface area (Å²) in [5.74, 6) is 0.177. The molecule has 0 saturated heterocycles. The van der Waals surface area contributed by atoms with Crippen molar-refractivity contribution < 1.29 is 13.2 Å². The van der Waals surface area contributed by atoms with Crippen molar-refractivity contribution in [2.75, 3.05) is 0 Å². The fraction of sp³-hybridized carbons (Fsp3) is 0.706. The van der Waals surface area contributed by atoms with Gasteiger partial charge in [-0.3, -0.25) is 9.78 Å². The highest BCUT2D eigenvalue weighted by atomic mass is 32.2. The van der Waals surface area contributed by atoms with Crippen molar-refractivity contribution in [1.29, 1.82) is 0 Å². The number of hydrogen-bond acceptors (Lipinski definition) is 5. The minimum atomic E-state index is -3.97. The Morgan fingerprint density at radius 3 is 2.33 bits per heavy atom. The summed E-state index contributed by atoms with van der Waals surface area (Å²) in [6.07, 6.45) is 9.72. The van der Waals surface area contributed by atoms with Gasteiger partial charge in [0.1, 0.15) is 0 Å². The third-order valence-corrected chi connectivity index (χ3v) is 7.37. The van der Waals surface area contributed by atoms with Crippen molar-refractivity contribution in [3.05, 3.63) is 18.6 Å². The van der Waals surface area contributed by atoms with E-state index in [1.807, 2.05) is 0 Å². The largest absolute Gasteiger partial charge is 0.283 e. The van der Waals surface area contributed by atoms with Crippen LogP contribution in [-0.4, -0.2) is 24.3 Å². The Hall–Kier alpha value is -1.50. The Bertz CT molecular complexity index is 775. The molecule has 4 fully saturated rings. The molecule has 4 aliphatic carbocycles. The molecule has 6 nitrogen and oxygen atoms in total. The van der Waals surface area contributed by atoms with E-state index in [9.17, 15) is 13.2 Å². The van der Waals surface area contributed by atoms with Gasteiger partial charge in [-0.25, -0.2) is 9.71 Å². The van der Waals surface area contributed by atoms with Gasteiger partial charge in [-0.2, -0.15) is 8.42 Å². The molecule has 1 amide bonds. The molecule has 0 aromatic carbocycles. The van der Waals surface area contributed by atoms with Crippen LogP contribution in [-0.2, 0) is 14.8 Å². The second-order valence-corrected chi connectivity index (χ2v) is 10.5. The normalized spacial score (nSPS) is 40.5. The van der Waals surface area contributed by atoms with E-state index in [1.54, 1.807) is 0 Å². The van der Waals surface area contributed by atoms with E-state index in [1.165, 1.54) is 12.4 Å². The SMILES string of the molecule is C[C@]12CC3CC(C(=O)NS(=O)(=O)c4cnccn4)(C1)C[C@@](C)(C3)C2. The van der Waals surface area contributed by atoms with Crippen LogP contribution in [0, 0.1) is 22.2 Å². The van der Waals surface area contributed by atoms with Gasteiger partial charge >= 0.3 is 0 Å². The third-order valence-electron chi connectivity index (χ3n) is 6.15. The molecule has 0 aliphatic heterocycles. The maximum absolute atomic E-state index is 13.0. The van der Waals surface area contributed by atoms with Gasteiger partial charge in [0, 0.05) is 12.4 Å². The highest BCUT2D eigenvalue weighted by Crippen LogP contribution is 2.69. The number of nitrogens with one attached hydrogen (secondary N) is 1. The summed E-state index contributed by atoms with van der Waals surface area (Å²) in [5, 5.41) is -0.208. The molecular formula is C17H23N3O3S. The molecule has 1 heterocycles. The average molecular weight is 349 g/mol. The lowest BCUT2D eigenvalue weighted by atomic mass is 9.40. The van der Waals surface area contributed by atoms with Crippen LogP contribution in [0.15, 0.2) is 23.6 Å². The summed E-state index contributed by atoms with van der Waals surface area (Å²) in [4.78, 5) is 20.6. The van der Waals surface area contributed by atoms with Crippen LogP contribution < -0.4 is 4.72 Å². The average Bonchev–Trinajstić information content (AvgIpc) is 2.44. The highest BCUT2D eigenvalue weighted by Gasteiger charge is 2.63. The fourth-order valence-electron chi connectivity index (χ4n) is 6.41. The molecule has 130 valence electrons. The number of amides is 1. The topological polar surface area (TPSA) is 89.0 Å². The second-order valence-electron chi connectivity index (χ2n) is 8.89. The molecule has 4 aliphatic rings. The number of nitrogens with zero attached hydrogens (tertiary/aromatic N) is 2. The molecule has 1 N–H and O–H groups in total. The van der Waals surface area contributed by atoms with Crippen LogP contribution in [0.1, 0.15) is 52.4 Å². The predicted molar refractivity (Wildman–Crippen MR) is 87.2 cm³/mol. The van der Waals surface area contributed by atoms with Gasteiger partial charge < -0.3 is 0 Å². The monoisotopic (exact) mass is 349 g/mol. The molecule has 5 rings (SSSR count). The Balaban J connectivity index is 1.63. The highest BCUT2D eigenvalue weighted by molar-refractivity contribution is 7.90. The Morgan fingerprint density at radius 2 is 1.79 bits per heavy atom. The van der Waals surface area contributed by atoms with Crippen molar-refractivity contribution in [2.24, 2.45) is 22.2 Å². The molecule has 24 heavy (non-hydrogen) atoms. The molecule has 1 aromatic heterocycles. The lowest BCUT2D eigenvalue weighted by Crippen LogP contribution is -2.60. The van der Waals surface area contributed by atoms with Gasteiger partial charge in [0.05, 0.1) is 11.6 Å². The maximum atomic E-state index is 13.0. The zero-order chi connectivity index (χ0) is 17.2. The summed E-state index contributed by atoms with van der Waals surface area (Å²) in [6.45, 7) is 4.52. The smallest absolute Gasteiger partial charge is 0.273 e. The van der Waals surface area contributed by atoms with Crippen molar-refractivity contribution in [1.82, 2.24) is 14.7 Å². The number of carbonyl (C=O) groups excluding carboxylic acids is 1. The first kappa shape index (κ1) is 16.0. The minimum Gasteiger partial charge on any atom is -0.273 e. The molecule has 0 spiro atoms. The zero-order valence-corrected chi connectivity index (χ0v) is 14.9. The van der Waals surface area contributed by atoms with Crippen molar-refractivity contribution >= 4 is 15.9 Å². The van der Waals surface area contributed by atoms with E-state index in [-0.39, 0.29) is 21.8 Å². The van der Waals surface area contributed by atoms with Crippen LogP contribution in [0.3, 0.4) is 0 Å². The van der Waals surface area contributed by atoms with Gasteiger partial charge in [-0.05, 0) is 55.3 Å². The standard InChI is InChI=1S/C17H23N3O3S/c1-15-5-12-6-16(2,9-15)11-17(7-12,10-15)14(21)20-24(22,23)13-8-18-3-4-19-13/h3-4,8,12H,5-7,9-11H2,1-2H3,(H,20,21)/t12?,15-,16+,17?. The first-order valence-corrected chi connectivity index (χ1v) is 9.96. The van der Waals surface area contributed by atoms with Crippen molar-refractivity contribution in [2.45, 2.75) is 57.4 Å². The number of rotatable bonds is 3. The molecule has 7 heteroatoms. The zero-order valence-electron chi connectivity index (χ0n) is 14.1. The molecule has 0 radical (unpaired) electrons. The van der Waals surface area contributed by atoms with Crippen LogP contribution in [0.2, 0.25) is 0 Å². The van der Waals surface area contributed by atoms with Gasteiger partial charge in [-0.1, -0.05) is 13.8 Å². The van der Waals surface area contributed by atoms with E-state index in [4.69, 9.17) is 0 Å². The number of hydrogen-bond donors (Lipinski definition) is 1. The number of sulfonamides is 1. The van der Waals surface area contributed by atoms with E-state index in [0.717, 1.165) is 44.7 Å². The molecule has 4 atom stereocenters. The lowest BCUT2D eigenvalue weighted by molar-refractivity contribution is -0.168. The molecule has 4 saturated carbocycles. The van der Waals surface area contributed by atoms with Gasteiger partial charge in [0.15, 0.2) is 5.03 Å². The Morgan fingerprint density at radius 1 is 1.12 bits per heavy atom. The summed E-state index contributed by atoms with van der Waals surface area (Å²) >= 11 is 0. The minimum absolute atomic E-state index is 0.155. The van der Waals surface area contributed by atoms with Crippen LogP contribution in [0.5, 0.6) is 0 Å². The lowest BCUT2D eigenvalue weighted by Gasteiger charge is -2.64. The quantitative estimate of drug-likeness (QED) is 0.904. The predicted octanol–water partition coefficient (Wildman–Crippen LogP) is 2.28. The van der Waals surface area contributed by atoms with Gasteiger partial charge in [0.2, 0.25) is 5.91 Å². The van der Waals surface area contributed by atoms with Crippen LogP contribution >= 0.6 is 0 Å². The fourth-order valence-corrected chi connectivity index (χ4v) is 7.37. The first-order chi connectivity index (χ1) is 11.1. The Kier molecular flexibility index (Phi) is 3.18. The van der Waals surface area contributed by atoms with Crippen LogP contribution in [0.4, 0.5) is 0 Å².